The first-order valence-electron chi connectivity index (χ1n) is 15.7. The van der Waals surface area contributed by atoms with Crippen LogP contribution in [0.25, 0.3) is 86.3 Å². The predicted molar refractivity (Wildman–Crippen MR) is 198 cm³/mol. The Morgan fingerprint density at radius 1 is 0.404 bits per heavy atom. The number of thiophene rings is 1. The van der Waals surface area contributed by atoms with Crippen LogP contribution in [0.1, 0.15) is 5.56 Å². The van der Waals surface area contributed by atoms with Crippen LogP contribution in [0.5, 0.6) is 0 Å². The number of hydrogen-bond donors (Lipinski definition) is 0. The van der Waals surface area contributed by atoms with Gasteiger partial charge in [0.25, 0.3) is 0 Å². The van der Waals surface area contributed by atoms with E-state index < -0.39 is 0 Å². The van der Waals surface area contributed by atoms with Crippen molar-refractivity contribution in [2.45, 2.75) is 0 Å². The van der Waals surface area contributed by atoms with Crippen molar-refractivity contribution < 1.29 is 0 Å². The lowest BCUT2D eigenvalue weighted by atomic mass is 10.00. The van der Waals surface area contributed by atoms with Gasteiger partial charge in [0.05, 0.1) is 33.7 Å². The van der Waals surface area contributed by atoms with Gasteiger partial charge in [-0.25, -0.2) is 0 Å². The van der Waals surface area contributed by atoms with Crippen LogP contribution in [-0.4, -0.2) is 9.13 Å². The third kappa shape index (κ3) is 3.85. The summed E-state index contributed by atoms with van der Waals surface area (Å²) in [7, 11) is 0. The maximum Gasteiger partial charge on any atom is 0.0992 e. The molecule has 0 spiro atoms. The Hall–Kier alpha value is -6.15. The van der Waals surface area contributed by atoms with Gasteiger partial charge in [0, 0.05) is 53.1 Å². The van der Waals surface area contributed by atoms with Gasteiger partial charge in [-0.3, -0.25) is 0 Å². The van der Waals surface area contributed by atoms with Gasteiger partial charge in [-0.15, -0.1) is 11.3 Å². The van der Waals surface area contributed by atoms with Crippen LogP contribution >= 0.6 is 11.3 Å². The van der Waals surface area contributed by atoms with Crippen molar-refractivity contribution >= 4 is 75.1 Å². The molecule has 0 amide bonds. The summed E-state index contributed by atoms with van der Waals surface area (Å²) >= 11 is 1.82. The molecule has 218 valence electrons. The highest BCUT2D eigenvalue weighted by atomic mass is 32.1. The quantitative estimate of drug-likeness (QED) is 0.195. The number of para-hydroxylation sites is 3. The third-order valence-corrected chi connectivity index (χ3v) is 10.7. The molecule has 0 fully saturated rings. The molecule has 0 N–H and O–H groups in total. The molecule has 3 nitrogen and oxygen atoms in total. The summed E-state index contributed by atoms with van der Waals surface area (Å²) in [6.07, 6.45) is 0. The molecule has 0 aliphatic heterocycles. The standard InChI is InChI=1S/C43H25N3S/c44-26-27-21-29(28-17-20-43-37(24-28)35-12-4-8-16-42(35)47-43)23-31(22-27)46-40-15-7-3-11-34(40)36-25-30(18-19-41(36)46)45-38-13-5-1-9-32(38)33-10-2-6-14-39(33)45/h1-25H. The molecular weight excluding hydrogens is 591 g/mol. The highest BCUT2D eigenvalue weighted by Crippen LogP contribution is 2.39. The molecule has 4 heteroatoms. The van der Waals surface area contributed by atoms with Crippen LogP contribution in [0.15, 0.2) is 152 Å². The van der Waals surface area contributed by atoms with Crippen molar-refractivity contribution in [2.75, 3.05) is 0 Å². The number of hydrogen-bond acceptors (Lipinski definition) is 2. The fourth-order valence-electron chi connectivity index (χ4n) is 7.46. The summed E-state index contributed by atoms with van der Waals surface area (Å²) in [5.41, 5.74) is 9.49. The number of nitrogens with zero attached hydrogens (tertiary/aromatic N) is 3. The van der Waals surface area contributed by atoms with Gasteiger partial charge in [0.2, 0.25) is 0 Å². The van der Waals surface area contributed by atoms with Crippen LogP contribution in [0.4, 0.5) is 0 Å². The highest BCUT2D eigenvalue weighted by molar-refractivity contribution is 7.25. The minimum atomic E-state index is 0.639. The first-order valence-corrected chi connectivity index (χ1v) is 16.6. The second kappa shape index (κ2) is 9.92. The van der Waals surface area contributed by atoms with Crippen LogP contribution in [0.2, 0.25) is 0 Å². The Kier molecular flexibility index (Phi) is 5.51. The van der Waals surface area contributed by atoms with Crippen molar-refractivity contribution in [2.24, 2.45) is 0 Å². The predicted octanol–water partition coefficient (Wildman–Crippen LogP) is 11.8. The van der Waals surface area contributed by atoms with Gasteiger partial charge in [-0.05, 0) is 83.9 Å². The summed E-state index contributed by atoms with van der Waals surface area (Å²) in [6.45, 7) is 0. The van der Waals surface area contributed by atoms with E-state index in [1.165, 1.54) is 52.8 Å². The van der Waals surface area contributed by atoms with E-state index in [1.54, 1.807) is 0 Å². The molecule has 0 saturated carbocycles. The van der Waals surface area contributed by atoms with Crippen LogP contribution in [0, 0.1) is 11.3 Å². The zero-order valence-electron chi connectivity index (χ0n) is 25.2. The average molecular weight is 616 g/mol. The lowest BCUT2D eigenvalue weighted by Crippen LogP contribution is -1.97. The van der Waals surface area contributed by atoms with Gasteiger partial charge in [0.1, 0.15) is 0 Å². The summed E-state index contributed by atoms with van der Waals surface area (Å²) in [4.78, 5) is 0. The number of aromatic nitrogens is 2. The molecule has 3 heterocycles. The molecule has 0 bridgehead atoms. The van der Waals surface area contributed by atoms with Gasteiger partial charge in [-0.1, -0.05) is 78.9 Å². The summed E-state index contributed by atoms with van der Waals surface area (Å²) in [5, 5.41) is 17.6. The molecule has 0 aliphatic rings. The molecule has 0 aliphatic carbocycles. The highest BCUT2D eigenvalue weighted by Gasteiger charge is 2.17. The third-order valence-electron chi connectivity index (χ3n) is 9.51. The second-order valence-electron chi connectivity index (χ2n) is 12.1. The van der Waals surface area contributed by atoms with E-state index in [-0.39, 0.29) is 0 Å². The molecule has 0 saturated heterocycles. The maximum atomic E-state index is 10.2. The lowest BCUT2D eigenvalue weighted by Gasteiger charge is -2.12. The number of fused-ring (bicyclic) bond motifs is 9. The minimum Gasteiger partial charge on any atom is -0.309 e. The Balaban J connectivity index is 1.20. The van der Waals surface area contributed by atoms with E-state index in [2.05, 4.69) is 155 Å². The van der Waals surface area contributed by atoms with E-state index in [0.717, 1.165) is 33.5 Å². The summed E-state index contributed by atoms with van der Waals surface area (Å²) in [5.74, 6) is 0. The largest absolute Gasteiger partial charge is 0.309 e. The summed E-state index contributed by atoms with van der Waals surface area (Å²) < 4.78 is 7.24. The Labute approximate surface area is 274 Å². The van der Waals surface area contributed by atoms with Crippen LogP contribution in [0.3, 0.4) is 0 Å². The van der Waals surface area contributed by atoms with Crippen molar-refractivity contribution in [1.82, 2.24) is 9.13 Å². The SMILES string of the molecule is N#Cc1cc(-c2ccc3sc4ccccc4c3c2)cc(-n2c3ccccc3c3cc(-n4c5ccccc5c5ccccc54)ccc32)c1. The lowest BCUT2D eigenvalue weighted by molar-refractivity contribution is 1.16. The topological polar surface area (TPSA) is 33.6 Å². The second-order valence-corrected chi connectivity index (χ2v) is 13.2. The molecule has 47 heavy (non-hydrogen) atoms. The van der Waals surface area contributed by atoms with E-state index in [9.17, 15) is 5.26 Å². The first-order chi connectivity index (χ1) is 23.2. The van der Waals surface area contributed by atoms with E-state index in [1.807, 2.05) is 23.5 Å². The molecule has 7 aromatic carbocycles. The molecule has 0 atom stereocenters. The van der Waals surface area contributed by atoms with E-state index >= 15 is 0 Å². The van der Waals surface area contributed by atoms with E-state index in [0.29, 0.717) is 5.56 Å². The Morgan fingerprint density at radius 3 is 1.68 bits per heavy atom. The molecule has 0 radical (unpaired) electrons. The van der Waals surface area contributed by atoms with Crippen molar-refractivity contribution in [3.05, 3.63) is 157 Å². The minimum absolute atomic E-state index is 0.639. The maximum absolute atomic E-state index is 10.2. The van der Waals surface area contributed by atoms with Gasteiger partial charge in [-0.2, -0.15) is 5.26 Å². The molecular formula is C43H25N3S. The average Bonchev–Trinajstić information content (AvgIpc) is 3.78. The first kappa shape index (κ1) is 26.1. The van der Waals surface area contributed by atoms with E-state index in [4.69, 9.17) is 0 Å². The van der Waals surface area contributed by atoms with Crippen molar-refractivity contribution in [3.63, 3.8) is 0 Å². The zero-order chi connectivity index (χ0) is 31.1. The molecule has 10 aromatic rings. The fourth-order valence-corrected chi connectivity index (χ4v) is 8.54. The van der Waals surface area contributed by atoms with Gasteiger partial charge < -0.3 is 9.13 Å². The van der Waals surface area contributed by atoms with Crippen molar-refractivity contribution in [3.8, 4) is 28.6 Å². The fraction of sp³-hybridized carbons (Fsp3) is 0. The van der Waals surface area contributed by atoms with Crippen LogP contribution in [-0.2, 0) is 0 Å². The normalized spacial score (nSPS) is 11.8. The molecule has 3 aromatic heterocycles. The van der Waals surface area contributed by atoms with Crippen molar-refractivity contribution in [1.29, 1.82) is 5.26 Å². The van der Waals surface area contributed by atoms with Gasteiger partial charge >= 0.3 is 0 Å². The monoisotopic (exact) mass is 615 g/mol. The van der Waals surface area contributed by atoms with Gasteiger partial charge in [0.15, 0.2) is 0 Å². The Bertz CT molecular complexity index is 2880. The summed E-state index contributed by atoms with van der Waals surface area (Å²) in [6, 6.07) is 56.6. The number of rotatable bonds is 3. The number of benzene rings is 7. The smallest absolute Gasteiger partial charge is 0.0992 e. The Morgan fingerprint density at radius 2 is 0.979 bits per heavy atom. The van der Waals surface area contributed by atoms with Crippen LogP contribution < -0.4 is 0 Å². The number of nitriles is 1. The zero-order valence-corrected chi connectivity index (χ0v) is 26.0. The molecule has 10 rings (SSSR count). The molecule has 0 unspecified atom stereocenters.